The highest BCUT2D eigenvalue weighted by Gasteiger charge is 2.28. The summed E-state index contributed by atoms with van der Waals surface area (Å²) >= 11 is 0. The fraction of sp³-hybridized carbons (Fsp3) is 0.0294. The second-order valence-corrected chi connectivity index (χ2v) is 9.94. The summed E-state index contributed by atoms with van der Waals surface area (Å²) in [5.74, 6) is 3.50. The van der Waals surface area contributed by atoms with Crippen LogP contribution in [0.5, 0.6) is 0 Å². The van der Waals surface area contributed by atoms with E-state index in [1.165, 1.54) is 0 Å². The number of benzene rings is 4. The summed E-state index contributed by atoms with van der Waals surface area (Å²) in [5, 5.41) is 0. The monoisotopic (exact) mass is 527 g/mol. The number of nitrogens with zero attached hydrogens (tertiary/aromatic N) is 7. The van der Waals surface area contributed by atoms with Crippen molar-refractivity contribution in [1.82, 2.24) is 0 Å². The molecule has 0 atom stereocenters. The van der Waals surface area contributed by atoms with Crippen LogP contribution < -0.4 is 0 Å². The molecule has 7 nitrogen and oxygen atoms in total. The topological polar surface area (TPSA) is 86.5 Å². The Labute approximate surface area is 236 Å². The zero-order chi connectivity index (χ0) is 27.5. The molecule has 4 aromatic rings. The molecular formula is C34H21N7. The Balaban J connectivity index is 1.23. The highest BCUT2D eigenvalue weighted by molar-refractivity contribution is 6.32. The molecule has 0 aliphatic carbocycles. The molecular weight excluding hydrogens is 506 g/mol. The summed E-state index contributed by atoms with van der Waals surface area (Å²) in [7, 11) is 0. The zero-order valence-electron chi connectivity index (χ0n) is 22.1. The van der Waals surface area contributed by atoms with Gasteiger partial charge >= 0.3 is 0 Å². The first-order valence-corrected chi connectivity index (χ1v) is 13.3. The van der Waals surface area contributed by atoms with E-state index >= 15 is 0 Å². The lowest BCUT2D eigenvalue weighted by atomic mass is 10.1. The number of aliphatic imine (C=N–C) groups is 7. The van der Waals surface area contributed by atoms with E-state index < -0.39 is 0 Å². The van der Waals surface area contributed by atoms with Crippen molar-refractivity contribution in [2.24, 2.45) is 34.9 Å². The highest BCUT2D eigenvalue weighted by Crippen LogP contribution is 2.30. The van der Waals surface area contributed by atoms with E-state index in [0.29, 0.717) is 40.7 Å². The maximum atomic E-state index is 4.96. The predicted molar refractivity (Wildman–Crippen MR) is 166 cm³/mol. The highest BCUT2D eigenvalue weighted by atomic mass is 15.1. The number of hydrogen-bond acceptors (Lipinski definition) is 4. The van der Waals surface area contributed by atoms with E-state index in [4.69, 9.17) is 30.0 Å². The summed E-state index contributed by atoms with van der Waals surface area (Å²) in [6, 6.07) is 32.0. The minimum Gasteiger partial charge on any atom is -0.233 e. The molecule has 0 N–H and O–H groups in total. The summed E-state index contributed by atoms with van der Waals surface area (Å²) in [6.45, 7) is 6.08. The van der Waals surface area contributed by atoms with Crippen LogP contribution in [0.4, 0.5) is 0 Å². The first kappa shape index (κ1) is 23.2. The Morgan fingerprint density at radius 3 is 1.27 bits per heavy atom. The number of hydrogen-bond donors (Lipinski definition) is 0. The molecule has 4 heterocycles. The Morgan fingerprint density at radius 2 is 0.756 bits per heavy atom. The second-order valence-electron chi connectivity index (χ2n) is 9.94. The predicted octanol–water partition coefficient (Wildman–Crippen LogP) is 6.10. The van der Waals surface area contributed by atoms with E-state index in [1.54, 1.807) is 0 Å². The van der Waals surface area contributed by atoms with E-state index in [2.05, 4.69) is 17.6 Å². The SMILES string of the molecule is C=C1N=C(N=C2N=C(N=C3N=C(N=C4N=C(C)c5ccccc54)c4ccccc43)c3ccccc32)c2ccccc21. The van der Waals surface area contributed by atoms with Crippen molar-refractivity contribution in [3.63, 3.8) is 0 Å². The van der Waals surface area contributed by atoms with Crippen LogP contribution in [0.1, 0.15) is 51.4 Å². The fourth-order valence-corrected chi connectivity index (χ4v) is 5.45. The van der Waals surface area contributed by atoms with Crippen LogP contribution >= 0.6 is 0 Å². The quantitative estimate of drug-likeness (QED) is 0.265. The Kier molecular flexibility index (Phi) is 5.05. The number of amidine groups is 6. The van der Waals surface area contributed by atoms with Gasteiger partial charge in [-0.25, -0.2) is 34.9 Å². The van der Waals surface area contributed by atoms with Crippen LogP contribution in [-0.2, 0) is 0 Å². The fourth-order valence-electron chi connectivity index (χ4n) is 5.45. The van der Waals surface area contributed by atoms with E-state index in [0.717, 1.165) is 50.2 Å². The lowest BCUT2D eigenvalue weighted by molar-refractivity contribution is 1.50. The van der Waals surface area contributed by atoms with Gasteiger partial charge in [0.15, 0.2) is 35.0 Å². The molecule has 7 heteroatoms. The molecule has 0 fully saturated rings. The van der Waals surface area contributed by atoms with Crippen molar-refractivity contribution >= 4 is 46.4 Å². The lowest BCUT2D eigenvalue weighted by Gasteiger charge is -2.01. The maximum Gasteiger partial charge on any atom is 0.164 e. The molecule has 4 aliphatic heterocycles. The van der Waals surface area contributed by atoms with Crippen molar-refractivity contribution in [3.05, 3.63) is 148 Å². The zero-order valence-corrected chi connectivity index (χ0v) is 22.1. The molecule has 4 aliphatic rings. The second kappa shape index (κ2) is 8.93. The average molecular weight is 528 g/mol. The average Bonchev–Trinajstić information content (AvgIpc) is 3.73. The normalized spacial score (nSPS) is 19.1. The van der Waals surface area contributed by atoms with Gasteiger partial charge in [-0.2, -0.15) is 0 Å². The van der Waals surface area contributed by atoms with Gasteiger partial charge in [0.05, 0.1) is 5.70 Å². The van der Waals surface area contributed by atoms with Gasteiger partial charge < -0.3 is 0 Å². The van der Waals surface area contributed by atoms with Crippen LogP contribution in [-0.4, -0.2) is 40.7 Å². The molecule has 192 valence electrons. The van der Waals surface area contributed by atoms with Crippen LogP contribution in [0, 0.1) is 0 Å². The molecule has 0 bridgehead atoms. The van der Waals surface area contributed by atoms with Crippen molar-refractivity contribution in [2.75, 3.05) is 0 Å². The van der Waals surface area contributed by atoms with E-state index in [9.17, 15) is 0 Å². The molecule has 0 unspecified atom stereocenters. The Hall–Kier alpha value is -5.69. The molecule has 0 aromatic heterocycles. The molecule has 0 saturated heterocycles. The first-order chi connectivity index (χ1) is 20.1. The molecule has 8 rings (SSSR count). The van der Waals surface area contributed by atoms with Crippen molar-refractivity contribution < 1.29 is 0 Å². The summed E-state index contributed by atoms with van der Waals surface area (Å²) in [5.41, 5.74) is 9.27. The summed E-state index contributed by atoms with van der Waals surface area (Å²) < 4.78 is 0. The third-order valence-electron chi connectivity index (χ3n) is 7.43. The van der Waals surface area contributed by atoms with Crippen molar-refractivity contribution in [3.8, 4) is 0 Å². The van der Waals surface area contributed by atoms with Gasteiger partial charge in [-0.15, -0.1) is 0 Å². The van der Waals surface area contributed by atoms with Gasteiger partial charge in [-0.3, -0.25) is 0 Å². The van der Waals surface area contributed by atoms with Gasteiger partial charge in [0, 0.05) is 50.2 Å². The smallest absolute Gasteiger partial charge is 0.164 e. The van der Waals surface area contributed by atoms with Crippen LogP contribution in [0.25, 0.3) is 5.70 Å². The largest absolute Gasteiger partial charge is 0.233 e. The minimum absolute atomic E-state index is 0.549. The Morgan fingerprint density at radius 1 is 0.415 bits per heavy atom. The molecule has 0 radical (unpaired) electrons. The van der Waals surface area contributed by atoms with Gasteiger partial charge in [-0.05, 0) is 6.92 Å². The summed E-state index contributed by atoms with van der Waals surface area (Å²) in [4.78, 5) is 33.8. The van der Waals surface area contributed by atoms with Gasteiger partial charge in [0.1, 0.15) is 0 Å². The molecule has 4 aromatic carbocycles. The lowest BCUT2D eigenvalue weighted by Crippen LogP contribution is -2.02. The number of rotatable bonds is 0. The Bertz CT molecular complexity index is 2070. The van der Waals surface area contributed by atoms with E-state index in [1.807, 2.05) is 97.9 Å². The molecule has 41 heavy (non-hydrogen) atoms. The van der Waals surface area contributed by atoms with Crippen molar-refractivity contribution in [2.45, 2.75) is 6.92 Å². The van der Waals surface area contributed by atoms with E-state index in [-0.39, 0.29) is 0 Å². The molecule has 0 amide bonds. The van der Waals surface area contributed by atoms with Gasteiger partial charge in [-0.1, -0.05) is 104 Å². The van der Waals surface area contributed by atoms with Gasteiger partial charge in [0.25, 0.3) is 0 Å². The minimum atomic E-state index is 0.549. The van der Waals surface area contributed by atoms with Gasteiger partial charge in [0.2, 0.25) is 0 Å². The summed E-state index contributed by atoms with van der Waals surface area (Å²) in [6.07, 6.45) is 0. The first-order valence-electron chi connectivity index (χ1n) is 13.3. The molecule has 0 spiro atoms. The molecule has 0 saturated carbocycles. The third kappa shape index (κ3) is 3.71. The van der Waals surface area contributed by atoms with Crippen LogP contribution in [0.2, 0.25) is 0 Å². The maximum absolute atomic E-state index is 4.96. The van der Waals surface area contributed by atoms with Crippen LogP contribution in [0.3, 0.4) is 0 Å². The standard InChI is InChI=1S/C34H21N7/c1-19-21-11-3-5-13-23(21)29(35-19)37-31-25-15-7-9-17-27(25)33(39-31)41-34-28-18-10-8-16-26(28)32(40-34)38-30-24-14-6-4-12-22(24)20(2)36-30/h3-18H,1H2,2H3. The third-order valence-corrected chi connectivity index (χ3v) is 7.43. The van der Waals surface area contributed by atoms with Crippen molar-refractivity contribution in [1.29, 1.82) is 0 Å². The number of fused-ring (bicyclic) bond motifs is 4. The van der Waals surface area contributed by atoms with Crippen LogP contribution in [0.15, 0.2) is 139 Å².